The molecule has 1 heterocycles. The number of rotatable bonds is 10. The Morgan fingerprint density at radius 1 is 1.18 bits per heavy atom. The maximum atomic E-state index is 5.91. The van der Waals surface area contributed by atoms with Crippen molar-refractivity contribution >= 4 is 5.71 Å². The number of benzene rings is 1. The zero-order valence-electron chi connectivity index (χ0n) is 17.8. The fourth-order valence-corrected chi connectivity index (χ4v) is 3.04. The molecule has 1 aromatic heterocycles. The number of oxime groups is 1. The van der Waals surface area contributed by atoms with E-state index < -0.39 is 0 Å². The van der Waals surface area contributed by atoms with E-state index in [-0.39, 0.29) is 0 Å². The molecule has 0 radical (unpaired) electrons. The van der Waals surface area contributed by atoms with Crippen molar-refractivity contribution in [3.8, 4) is 11.6 Å². The lowest BCUT2D eigenvalue weighted by molar-refractivity contribution is 0.213. The summed E-state index contributed by atoms with van der Waals surface area (Å²) in [7, 11) is 3.38. The number of aryl methyl sites for hydroxylation is 3. The fraction of sp³-hybridized carbons (Fsp3) is 0.455. The molecule has 0 fully saturated rings. The van der Waals surface area contributed by atoms with Gasteiger partial charge in [-0.05, 0) is 69.4 Å². The second-order valence-electron chi connectivity index (χ2n) is 6.72. The highest BCUT2D eigenvalue weighted by atomic mass is 16.6. The van der Waals surface area contributed by atoms with Crippen LogP contribution < -0.4 is 9.47 Å². The predicted octanol–water partition coefficient (Wildman–Crippen LogP) is 4.37. The van der Waals surface area contributed by atoms with Crippen LogP contribution in [-0.4, -0.2) is 35.8 Å². The minimum Gasteiger partial charge on any atom is -0.490 e. The molecule has 0 aliphatic heterocycles. The lowest BCUT2D eigenvalue weighted by atomic mass is 9.98. The molecule has 0 N–H and O–H groups in total. The number of ether oxygens (including phenoxy) is 2. The number of hydrogen-bond donors (Lipinski definition) is 0. The Hall–Kier alpha value is -2.76. The average molecular weight is 386 g/mol. The molecule has 0 saturated carbocycles. The Balaban J connectivity index is 1.91. The zero-order valence-corrected chi connectivity index (χ0v) is 17.8. The molecule has 0 atom stereocenters. The molecular formula is C22H31N3O3. The van der Waals surface area contributed by atoms with Crippen LogP contribution in [0.1, 0.15) is 42.7 Å². The van der Waals surface area contributed by atoms with Crippen molar-refractivity contribution in [2.45, 2.75) is 40.5 Å². The number of aromatic nitrogens is 2. The monoisotopic (exact) mass is 385 g/mol. The molecule has 152 valence electrons. The Morgan fingerprint density at radius 2 is 1.89 bits per heavy atom. The van der Waals surface area contributed by atoms with Crippen molar-refractivity contribution in [2.24, 2.45) is 12.2 Å². The van der Waals surface area contributed by atoms with E-state index in [0.717, 1.165) is 35.9 Å². The summed E-state index contributed by atoms with van der Waals surface area (Å²) in [6, 6.07) is 6.10. The van der Waals surface area contributed by atoms with Crippen LogP contribution >= 0.6 is 0 Å². The van der Waals surface area contributed by atoms with Gasteiger partial charge in [0.25, 0.3) is 0 Å². The summed E-state index contributed by atoms with van der Waals surface area (Å²) in [5.41, 5.74) is 5.33. The Bertz CT molecular complexity index is 815. The van der Waals surface area contributed by atoms with Gasteiger partial charge in [-0.3, -0.25) is 0 Å². The summed E-state index contributed by atoms with van der Waals surface area (Å²) < 4.78 is 13.4. The maximum absolute atomic E-state index is 5.91. The van der Waals surface area contributed by atoms with Crippen LogP contribution in [0.2, 0.25) is 0 Å². The van der Waals surface area contributed by atoms with Crippen molar-refractivity contribution in [3.63, 3.8) is 0 Å². The molecule has 0 aliphatic carbocycles. The molecule has 28 heavy (non-hydrogen) atoms. The van der Waals surface area contributed by atoms with E-state index in [1.165, 1.54) is 23.8 Å². The van der Waals surface area contributed by atoms with Crippen LogP contribution in [0.25, 0.3) is 0 Å². The molecule has 1 aromatic carbocycles. The van der Waals surface area contributed by atoms with E-state index in [4.69, 9.17) is 14.3 Å². The van der Waals surface area contributed by atoms with Crippen molar-refractivity contribution in [1.82, 2.24) is 9.78 Å². The average Bonchev–Trinajstić information content (AvgIpc) is 3.02. The van der Waals surface area contributed by atoms with Gasteiger partial charge in [0.05, 0.1) is 6.61 Å². The molecule has 0 bridgehead atoms. The van der Waals surface area contributed by atoms with Crippen LogP contribution in [0.4, 0.5) is 0 Å². The highest BCUT2D eigenvalue weighted by molar-refractivity contribution is 5.96. The first kappa shape index (κ1) is 21.5. The summed E-state index contributed by atoms with van der Waals surface area (Å²) in [6.07, 6.45) is 5.88. The number of nitrogens with zero attached hydrogens (tertiary/aromatic N) is 3. The van der Waals surface area contributed by atoms with E-state index in [2.05, 4.69) is 36.2 Å². The van der Waals surface area contributed by atoms with Crippen LogP contribution in [-0.2, 0) is 18.3 Å². The first-order valence-corrected chi connectivity index (χ1v) is 9.55. The Morgan fingerprint density at radius 3 is 2.54 bits per heavy atom. The third-order valence-corrected chi connectivity index (χ3v) is 4.51. The molecule has 2 rings (SSSR count). The highest BCUT2D eigenvalue weighted by Crippen LogP contribution is 2.23. The van der Waals surface area contributed by atoms with E-state index in [1.807, 2.05) is 39.1 Å². The Labute approximate surface area is 167 Å². The minimum absolute atomic E-state index is 0.601. The zero-order chi connectivity index (χ0) is 20.5. The van der Waals surface area contributed by atoms with Gasteiger partial charge in [0.15, 0.2) is 0 Å². The molecule has 0 amide bonds. The van der Waals surface area contributed by atoms with E-state index in [9.17, 15) is 0 Å². The molecule has 2 aromatic rings. The van der Waals surface area contributed by atoms with E-state index in [0.29, 0.717) is 13.2 Å². The van der Waals surface area contributed by atoms with Gasteiger partial charge in [-0.25, -0.2) is 4.68 Å². The second-order valence-corrected chi connectivity index (χ2v) is 6.72. The van der Waals surface area contributed by atoms with Crippen molar-refractivity contribution in [3.05, 3.63) is 52.7 Å². The normalized spacial score (nSPS) is 11.9. The topological polar surface area (TPSA) is 57.9 Å². The quantitative estimate of drug-likeness (QED) is 0.264. The third kappa shape index (κ3) is 5.87. The standard InChI is InChI=1S/C22H31N3O3/c1-7-8-11-27-19-13-16(2)20(17(3)14-19)10-9-12-28-22-15-21(23-25(22)5)18(4)24-26-6/h7-8,13-15H,9-12H2,1-6H3/b8-7+,24-18?. The maximum Gasteiger partial charge on any atom is 0.212 e. The smallest absolute Gasteiger partial charge is 0.212 e. The van der Waals surface area contributed by atoms with Gasteiger partial charge in [-0.15, -0.1) is 0 Å². The molecule has 6 nitrogen and oxygen atoms in total. The first-order chi connectivity index (χ1) is 13.5. The largest absolute Gasteiger partial charge is 0.490 e. The van der Waals surface area contributed by atoms with Crippen molar-refractivity contribution in [2.75, 3.05) is 20.3 Å². The highest BCUT2D eigenvalue weighted by Gasteiger charge is 2.10. The summed E-state index contributed by atoms with van der Waals surface area (Å²) >= 11 is 0. The van der Waals surface area contributed by atoms with E-state index in [1.54, 1.807) is 4.68 Å². The Kier molecular flexibility index (Phi) is 8.11. The summed E-state index contributed by atoms with van der Waals surface area (Å²) in [4.78, 5) is 4.80. The molecule has 0 spiro atoms. The van der Waals surface area contributed by atoms with Gasteiger partial charge in [0, 0.05) is 13.1 Å². The fourth-order valence-electron chi connectivity index (χ4n) is 3.04. The lowest BCUT2D eigenvalue weighted by Gasteiger charge is -2.13. The molecule has 6 heteroatoms. The molecule has 0 saturated heterocycles. The van der Waals surface area contributed by atoms with E-state index >= 15 is 0 Å². The summed E-state index contributed by atoms with van der Waals surface area (Å²) in [5, 5.41) is 8.30. The predicted molar refractivity (Wildman–Crippen MR) is 112 cm³/mol. The lowest BCUT2D eigenvalue weighted by Crippen LogP contribution is -2.05. The molecular weight excluding hydrogens is 354 g/mol. The van der Waals surface area contributed by atoms with Crippen LogP contribution in [0, 0.1) is 13.8 Å². The van der Waals surface area contributed by atoms with Gasteiger partial charge in [0.1, 0.15) is 30.9 Å². The van der Waals surface area contributed by atoms with Gasteiger partial charge in [-0.1, -0.05) is 17.3 Å². The first-order valence-electron chi connectivity index (χ1n) is 9.55. The summed E-state index contributed by atoms with van der Waals surface area (Å²) in [6.45, 7) is 9.34. The van der Waals surface area contributed by atoms with Crippen LogP contribution in [0.5, 0.6) is 11.6 Å². The van der Waals surface area contributed by atoms with Crippen molar-refractivity contribution < 1.29 is 14.3 Å². The minimum atomic E-state index is 0.601. The molecule has 0 unspecified atom stereocenters. The van der Waals surface area contributed by atoms with Crippen LogP contribution in [0.3, 0.4) is 0 Å². The van der Waals surface area contributed by atoms with Crippen molar-refractivity contribution in [1.29, 1.82) is 0 Å². The second kappa shape index (κ2) is 10.5. The van der Waals surface area contributed by atoms with Crippen LogP contribution in [0.15, 0.2) is 35.5 Å². The molecule has 0 aliphatic rings. The van der Waals surface area contributed by atoms with Gasteiger partial charge < -0.3 is 14.3 Å². The number of allylic oxidation sites excluding steroid dienone is 1. The number of hydrogen-bond acceptors (Lipinski definition) is 5. The summed E-state index contributed by atoms with van der Waals surface area (Å²) in [5.74, 6) is 1.64. The van der Waals surface area contributed by atoms with Gasteiger partial charge in [-0.2, -0.15) is 5.10 Å². The van der Waals surface area contributed by atoms with Gasteiger partial charge >= 0.3 is 0 Å². The third-order valence-electron chi connectivity index (χ3n) is 4.51. The SMILES string of the molecule is C/C=C/COc1cc(C)c(CCCOc2cc(C(C)=NOC)nn2C)c(C)c1. The van der Waals surface area contributed by atoms with Gasteiger partial charge in [0.2, 0.25) is 5.88 Å².